The highest BCUT2D eigenvalue weighted by molar-refractivity contribution is 7.92. The van der Waals surface area contributed by atoms with Crippen LogP contribution in [0.2, 0.25) is 0 Å². The van der Waals surface area contributed by atoms with Crippen LogP contribution in [0, 0.1) is 5.92 Å². The van der Waals surface area contributed by atoms with Gasteiger partial charge in [0.15, 0.2) is 9.84 Å². The van der Waals surface area contributed by atoms with Gasteiger partial charge in [-0.1, -0.05) is 44.2 Å². The highest BCUT2D eigenvalue weighted by Crippen LogP contribution is 2.20. The lowest BCUT2D eigenvalue weighted by Gasteiger charge is -2.32. The lowest BCUT2D eigenvalue weighted by atomic mass is 10.1. The van der Waals surface area contributed by atoms with E-state index >= 15 is 0 Å². The SMILES string of the molecule is CC(C)CS(=O)(=O)C1CCCN(C(=O)/C=C/c2ccccc2)C1. The zero-order valence-corrected chi connectivity index (χ0v) is 14.6. The fourth-order valence-corrected chi connectivity index (χ4v) is 5.00. The van der Waals surface area contributed by atoms with Gasteiger partial charge in [-0.3, -0.25) is 4.79 Å². The Bertz CT molecular complexity index is 650. The monoisotopic (exact) mass is 335 g/mol. The van der Waals surface area contributed by atoms with Crippen molar-refractivity contribution < 1.29 is 13.2 Å². The summed E-state index contributed by atoms with van der Waals surface area (Å²) in [6.07, 6.45) is 4.70. The first kappa shape index (κ1) is 17.7. The summed E-state index contributed by atoms with van der Waals surface area (Å²) in [5.74, 6) is 0.196. The highest BCUT2D eigenvalue weighted by Gasteiger charge is 2.32. The van der Waals surface area contributed by atoms with E-state index in [4.69, 9.17) is 0 Å². The molecule has 0 N–H and O–H groups in total. The number of sulfone groups is 1. The van der Waals surface area contributed by atoms with Gasteiger partial charge in [-0.2, -0.15) is 0 Å². The molecule has 1 aromatic carbocycles. The van der Waals surface area contributed by atoms with Crippen LogP contribution in [0.5, 0.6) is 0 Å². The molecule has 0 bridgehead atoms. The molecule has 0 aromatic heterocycles. The van der Waals surface area contributed by atoms with Crippen LogP contribution in [0.25, 0.3) is 6.08 Å². The van der Waals surface area contributed by atoms with Crippen molar-refractivity contribution in [2.24, 2.45) is 5.92 Å². The first-order chi connectivity index (χ1) is 10.9. The van der Waals surface area contributed by atoms with E-state index in [0.29, 0.717) is 19.5 Å². The average Bonchev–Trinajstić information content (AvgIpc) is 2.52. The number of carbonyl (C=O) groups excluding carboxylic acids is 1. The molecule has 2 rings (SSSR count). The normalized spacial score (nSPS) is 19.4. The minimum atomic E-state index is -3.13. The molecular weight excluding hydrogens is 310 g/mol. The molecular formula is C18H25NO3S. The van der Waals surface area contributed by atoms with Crippen LogP contribution >= 0.6 is 0 Å². The predicted octanol–water partition coefficient (Wildman–Crippen LogP) is 2.76. The molecule has 1 aromatic rings. The van der Waals surface area contributed by atoms with Crippen LogP contribution in [0.1, 0.15) is 32.3 Å². The first-order valence-electron chi connectivity index (χ1n) is 8.12. The second kappa shape index (κ2) is 7.77. The van der Waals surface area contributed by atoms with Crippen molar-refractivity contribution in [2.45, 2.75) is 31.9 Å². The van der Waals surface area contributed by atoms with Crippen LogP contribution in [-0.4, -0.2) is 43.3 Å². The van der Waals surface area contributed by atoms with Gasteiger partial charge >= 0.3 is 0 Å². The van der Waals surface area contributed by atoms with Crippen LogP contribution in [0.15, 0.2) is 36.4 Å². The summed E-state index contributed by atoms with van der Waals surface area (Å²) in [5.41, 5.74) is 0.960. The third kappa shape index (κ3) is 5.20. The Morgan fingerprint density at radius 1 is 1.30 bits per heavy atom. The number of amides is 1. The highest BCUT2D eigenvalue weighted by atomic mass is 32.2. The molecule has 4 nitrogen and oxygen atoms in total. The summed E-state index contributed by atoms with van der Waals surface area (Å²) >= 11 is 0. The summed E-state index contributed by atoms with van der Waals surface area (Å²) in [5, 5.41) is -0.423. The molecule has 0 saturated carbocycles. The molecule has 1 aliphatic heterocycles. The van der Waals surface area contributed by atoms with E-state index in [1.807, 2.05) is 44.2 Å². The Hall–Kier alpha value is -1.62. The summed E-state index contributed by atoms with van der Waals surface area (Å²) in [7, 11) is -3.13. The number of hydrogen-bond donors (Lipinski definition) is 0. The van der Waals surface area contributed by atoms with Crippen molar-refractivity contribution in [1.29, 1.82) is 0 Å². The van der Waals surface area contributed by atoms with Gasteiger partial charge in [0.1, 0.15) is 0 Å². The van der Waals surface area contributed by atoms with E-state index in [9.17, 15) is 13.2 Å². The van der Waals surface area contributed by atoms with E-state index in [0.717, 1.165) is 12.0 Å². The lowest BCUT2D eigenvalue weighted by molar-refractivity contribution is -0.126. The van der Waals surface area contributed by atoms with E-state index in [1.165, 1.54) is 6.08 Å². The van der Waals surface area contributed by atoms with Crippen molar-refractivity contribution >= 4 is 21.8 Å². The summed E-state index contributed by atoms with van der Waals surface area (Å²) in [4.78, 5) is 14.0. The Labute approximate surface area is 139 Å². The van der Waals surface area contributed by atoms with Crippen LogP contribution < -0.4 is 0 Å². The molecule has 1 atom stereocenters. The van der Waals surface area contributed by atoms with Gasteiger partial charge in [0.25, 0.3) is 0 Å². The summed E-state index contributed by atoms with van der Waals surface area (Å²) in [6.45, 7) is 4.76. The Morgan fingerprint density at radius 3 is 2.65 bits per heavy atom. The zero-order chi connectivity index (χ0) is 16.9. The second-order valence-electron chi connectivity index (χ2n) is 6.52. The van der Waals surface area contributed by atoms with Crippen molar-refractivity contribution in [1.82, 2.24) is 4.90 Å². The molecule has 126 valence electrons. The van der Waals surface area contributed by atoms with Gasteiger partial charge in [-0.25, -0.2) is 8.42 Å². The van der Waals surface area contributed by atoms with Gasteiger partial charge in [0.05, 0.1) is 11.0 Å². The van der Waals surface area contributed by atoms with Gasteiger partial charge in [-0.05, 0) is 30.4 Å². The number of hydrogen-bond acceptors (Lipinski definition) is 3. The van der Waals surface area contributed by atoms with E-state index < -0.39 is 15.1 Å². The molecule has 1 heterocycles. The minimum Gasteiger partial charge on any atom is -0.338 e. The molecule has 0 spiro atoms. The Kier molecular flexibility index (Phi) is 5.99. The molecule has 1 amide bonds. The Balaban J connectivity index is 2.00. The molecule has 1 fully saturated rings. The van der Waals surface area contributed by atoms with Gasteiger partial charge in [0, 0.05) is 19.2 Å². The largest absolute Gasteiger partial charge is 0.338 e. The number of nitrogens with zero attached hydrogens (tertiary/aromatic N) is 1. The third-order valence-corrected chi connectivity index (χ3v) is 6.51. The maximum atomic E-state index is 12.4. The smallest absolute Gasteiger partial charge is 0.246 e. The Morgan fingerprint density at radius 2 is 2.00 bits per heavy atom. The lowest BCUT2D eigenvalue weighted by Crippen LogP contribution is -2.45. The molecule has 23 heavy (non-hydrogen) atoms. The predicted molar refractivity (Wildman–Crippen MR) is 93.7 cm³/mol. The zero-order valence-electron chi connectivity index (χ0n) is 13.8. The number of carbonyl (C=O) groups is 1. The van der Waals surface area contributed by atoms with Gasteiger partial charge in [-0.15, -0.1) is 0 Å². The topological polar surface area (TPSA) is 54.5 Å². The minimum absolute atomic E-state index is 0.113. The molecule has 1 unspecified atom stereocenters. The number of likely N-dealkylation sites (tertiary alicyclic amines) is 1. The van der Waals surface area contributed by atoms with Crippen molar-refractivity contribution in [2.75, 3.05) is 18.8 Å². The molecule has 5 heteroatoms. The fraction of sp³-hybridized carbons (Fsp3) is 0.500. The van der Waals surface area contributed by atoms with Crippen molar-refractivity contribution in [3.05, 3.63) is 42.0 Å². The van der Waals surface area contributed by atoms with Crippen LogP contribution in [-0.2, 0) is 14.6 Å². The summed E-state index contributed by atoms with van der Waals surface area (Å²) in [6, 6.07) is 9.61. The number of piperidine rings is 1. The van der Waals surface area contributed by atoms with E-state index in [2.05, 4.69) is 0 Å². The standard InChI is InChI=1S/C18H25NO3S/c1-15(2)14-23(21,22)17-9-6-12-19(13-17)18(20)11-10-16-7-4-3-5-8-16/h3-5,7-8,10-11,15,17H,6,9,12-14H2,1-2H3/b11-10+. The first-order valence-corrected chi connectivity index (χ1v) is 9.83. The van der Waals surface area contributed by atoms with Gasteiger partial charge in [0.2, 0.25) is 5.91 Å². The van der Waals surface area contributed by atoms with Crippen molar-refractivity contribution in [3.63, 3.8) is 0 Å². The van der Waals surface area contributed by atoms with Crippen LogP contribution in [0.4, 0.5) is 0 Å². The maximum Gasteiger partial charge on any atom is 0.246 e. The third-order valence-electron chi connectivity index (χ3n) is 3.98. The fourth-order valence-electron chi connectivity index (χ4n) is 2.87. The molecule has 0 radical (unpaired) electrons. The molecule has 0 aliphatic carbocycles. The summed E-state index contributed by atoms with van der Waals surface area (Å²) < 4.78 is 24.8. The second-order valence-corrected chi connectivity index (χ2v) is 8.84. The van der Waals surface area contributed by atoms with Crippen LogP contribution in [0.3, 0.4) is 0 Å². The molecule has 1 saturated heterocycles. The van der Waals surface area contributed by atoms with Crippen molar-refractivity contribution in [3.8, 4) is 0 Å². The maximum absolute atomic E-state index is 12.4. The number of benzene rings is 1. The molecule has 1 aliphatic rings. The average molecular weight is 335 g/mol. The van der Waals surface area contributed by atoms with Gasteiger partial charge < -0.3 is 4.90 Å². The quantitative estimate of drug-likeness (QED) is 0.778. The van der Waals surface area contributed by atoms with E-state index in [-0.39, 0.29) is 17.6 Å². The van der Waals surface area contributed by atoms with E-state index in [1.54, 1.807) is 11.0 Å². The number of rotatable bonds is 5.